The Hall–Kier alpha value is -2.09. The summed E-state index contributed by atoms with van der Waals surface area (Å²) in [7, 11) is 0. The van der Waals surface area contributed by atoms with Gasteiger partial charge in [-0.15, -0.1) is 0 Å². The van der Waals surface area contributed by atoms with Gasteiger partial charge in [-0.1, -0.05) is 30.4 Å². The summed E-state index contributed by atoms with van der Waals surface area (Å²) < 4.78 is 0. The molecule has 0 saturated heterocycles. The van der Waals surface area contributed by atoms with Gasteiger partial charge in [0.1, 0.15) is 0 Å². The van der Waals surface area contributed by atoms with Gasteiger partial charge in [0, 0.05) is 24.5 Å². The highest BCUT2D eigenvalue weighted by atomic mass is 16.1. The molecular weight excluding hydrogens is 210 g/mol. The first-order chi connectivity index (χ1) is 8.29. The maximum atomic E-state index is 11.5. The van der Waals surface area contributed by atoms with Crippen molar-refractivity contribution in [1.82, 2.24) is 4.90 Å². The molecule has 0 spiro atoms. The van der Waals surface area contributed by atoms with E-state index in [0.717, 1.165) is 17.7 Å². The molecule has 0 N–H and O–H groups in total. The van der Waals surface area contributed by atoms with Crippen LogP contribution in [-0.2, 0) is 4.79 Å². The Morgan fingerprint density at radius 1 is 1.06 bits per heavy atom. The molecule has 2 rings (SSSR count). The molecule has 0 saturated carbocycles. The fourth-order valence-electron chi connectivity index (χ4n) is 1.60. The number of nitrogens with zero attached hydrogens (tertiary/aromatic N) is 1. The second-order valence-corrected chi connectivity index (χ2v) is 3.83. The van der Waals surface area contributed by atoms with Gasteiger partial charge in [0.25, 0.3) is 0 Å². The lowest BCUT2D eigenvalue weighted by atomic mass is 10.0. The molecular formula is C15H15NO. The van der Waals surface area contributed by atoms with E-state index >= 15 is 0 Å². The van der Waals surface area contributed by atoms with E-state index in [1.54, 1.807) is 12.2 Å². The monoisotopic (exact) mass is 225 g/mol. The van der Waals surface area contributed by atoms with Gasteiger partial charge in [-0.05, 0) is 30.7 Å². The van der Waals surface area contributed by atoms with E-state index < -0.39 is 0 Å². The molecule has 2 nitrogen and oxygen atoms in total. The molecule has 1 aliphatic carbocycles. The van der Waals surface area contributed by atoms with Crippen molar-refractivity contribution < 1.29 is 4.79 Å². The van der Waals surface area contributed by atoms with Gasteiger partial charge in [0.05, 0.1) is 0 Å². The van der Waals surface area contributed by atoms with Crippen molar-refractivity contribution in [1.29, 1.82) is 0 Å². The molecule has 1 heterocycles. The molecule has 0 unspecified atom stereocenters. The Labute approximate surface area is 102 Å². The molecule has 0 aromatic carbocycles. The first kappa shape index (κ1) is 11.4. The molecule has 1 aliphatic heterocycles. The first-order valence-electron chi connectivity index (χ1n) is 5.73. The SMILES string of the molecule is CCN1C=CC(=C/C=C2/C=CC=CC2=O)C=C1. The number of allylic oxidation sites excluding steroid dienone is 10. The minimum absolute atomic E-state index is 0.0586. The molecule has 0 radical (unpaired) electrons. The first-order valence-corrected chi connectivity index (χ1v) is 5.73. The number of hydrogen-bond acceptors (Lipinski definition) is 2. The lowest BCUT2D eigenvalue weighted by molar-refractivity contribution is -0.111. The molecule has 17 heavy (non-hydrogen) atoms. The summed E-state index contributed by atoms with van der Waals surface area (Å²) in [6, 6.07) is 0. The Morgan fingerprint density at radius 3 is 2.41 bits per heavy atom. The van der Waals surface area contributed by atoms with Crippen molar-refractivity contribution in [2.45, 2.75) is 6.92 Å². The standard InChI is InChI=1S/C15H15NO/c1-2-16-11-9-13(10-12-16)7-8-14-5-3-4-6-15(14)17/h3-12H,2H2,1H3/b14-8-. The van der Waals surface area contributed by atoms with E-state index in [4.69, 9.17) is 0 Å². The molecule has 0 aromatic rings. The summed E-state index contributed by atoms with van der Waals surface area (Å²) >= 11 is 0. The van der Waals surface area contributed by atoms with Gasteiger partial charge in [-0.25, -0.2) is 0 Å². The smallest absolute Gasteiger partial charge is 0.185 e. The fraction of sp³-hybridized carbons (Fsp3) is 0.133. The van der Waals surface area contributed by atoms with Gasteiger partial charge >= 0.3 is 0 Å². The van der Waals surface area contributed by atoms with Crippen molar-refractivity contribution in [2.24, 2.45) is 0 Å². The van der Waals surface area contributed by atoms with Crippen LogP contribution in [0.2, 0.25) is 0 Å². The average Bonchev–Trinajstić information content (AvgIpc) is 2.38. The van der Waals surface area contributed by atoms with Gasteiger partial charge in [0.2, 0.25) is 0 Å². The second kappa shape index (κ2) is 5.30. The molecule has 0 atom stereocenters. The number of hydrogen-bond donors (Lipinski definition) is 0. The van der Waals surface area contributed by atoms with Crippen LogP contribution in [0, 0.1) is 0 Å². The highest BCUT2D eigenvalue weighted by Crippen LogP contribution is 2.11. The molecule has 2 heteroatoms. The van der Waals surface area contributed by atoms with Gasteiger partial charge in [0.15, 0.2) is 5.78 Å². The molecule has 2 aliphatic rings. The number of carbonyl (C=O) groups is 1. The Balaban J connectivity index is 2.10. The Bertz CT molecular complexity index is 471. The quantitative estimate of drug-likeness (QED) is 0.673. The molecule has 0 aromatic heterocycles. The normalized spacial score (nSPS) is 20.5. The Kier molecular flexibility index (Phi) is 3.55. The van der Waals surface area contributed by atoms with Crippen LogP contribution < -0.4 is 0 Å². The summed E-state index contributed by atoms with van der Waals surface area (Å²) in [5.74, 6) is 0.0586. The summed E-state index contributed by atoms with van der Waals surface area (Å²) in [6.45, 7) is 3.07. The third kappa shape index (κ3) is 2.94. The summed E-state index contributed by atoms with van der Waals surface area (Å²) in [5.41, 5.74) is 1.82. The van der Waals surface area contributed by atoms with E-state index in [0.29, 0.717) is 0 Å². The van der Waals surface area contributed by atoms with E-state index in [9.17, 15) is 4.79 Å². The Morgan fingerprint density at radius 2 is 1.76 bits per heavy atom. The van der Waals surface area contributed by atoms with Crippen LogP contribution in [0.4, 0.5) is 0 Å². The van der Waals surface area contributed by atoms with E-state index in [1.165, 1.54) is 0 Å². The maximum Gasteiger partial charge on any atom is 0.185 e. The summed E-state index contributed by atoms with van der Waals surface area (Å²) in [6.07, 6.45) is 19.0. The van der Waals surface area contributed by atoms with Crippen molar-refractivity contribution in [3.63, 3.8) is 0 Å². The zero-order chi connectivity index (χ0) is 12.1. The zero-order valence-electron chi connectivity index (χ0n) is 9.84. The van der Waals surface area contributed by atoms with Crippen LogP contribution in [0.3, 0.4) is 0 Å². The third-order valence-electron chi connectivity index (χ3n) is 2.66. The van der Waals surface area contributed by atoms with Gasteiger partial charge in [-0.3, -0.25) is 4.79 Å². The zero-order valence-corrected chi connectivity index (χ0v) is 9.84. The predicted molar refractivity (Wildman–Crippen MR) is 70.1 cm³/mol. The number of rotatable bonds is 2. The maximum absolute atomic E-state index is 11.5. The topological polar surface area (TPSA) is 20.3 Å². The molecule has 86 valence electrons. The van der Waals surface area contributed by atoms with Crippen LogP contribution in [0.25, 0.3) is 0 Å². The fourth-order valence-corrected chi connectivity index (χ4v) is 1.60. The van der Waals surface area contributed by atoms with Crippen LogP contribution in [0.15, 0.2) is 72.2 Å². The highest BCUT2D eigenvalue weighted by molar-refractivity contribution is 6.07. The highest BCUT2D eigenvalue weighted by Gasteiger charge is 2.03. The lowest BCUT2D eigenvalue weighted by Crippen LogP contribution is -2.10. The summed E-state index contributed by atoms with van der Waals surface area (Å²) in [4.78, 5) is 13.6. The number of ketones is 1. The third-order valence-corrected chi connectivity index (χ3v) is 2.66. The average molecular weight is 225 g/mol. The molecule has 0 amide bonds. The van der Waals surface area contributed by atoms with Crippen molar-refractivity contribution >= 4 is 5.78 Å². The van der Waals surface area contributed by atoms with Crippen LogP contribution in [-0.4, -0.2) is 17.2 Å². The largest absolute Gasteiger partial charge is 0.354 e. The second-order valence-electron chi connectivity index (χ2n) is 3.83. The van der Waals surface area contributed by atoms with E-state index in [1.807, 2.05) is 48.9 Å². The van der Waals surface area contributed by atoms with Crippen LogP contribution >= 0.6 is 0 Å². The van der Waals surface area contributed by atoms with E-state index in [2.05, 4.69) is 11.8 Å². The van der Waals surface area contributed by atoms with Crippen LogP contribution in [0.5, 0.6) is 0 Å². The summed E-state index contributed by atoms with van der Waals surface area (Å²) in [5, 5.41) is 0. The van der Waals surface area contributed by atoms with Gasteiger partial charge in [-0.2, -0.15) is 0 Å². The van der Waals surface area contributed by atoms with Crippen LogP contribution in [0.1, 0.15) is 6.92 Å². The predicted octanol–water partition coefficient (Wildman–Crippen LogP) is 2.90. The van der Waals surface area contributed by atoms with Crippen molar-refractivity contribution in [3.8, 4) is 0 Å². The van der Waals surface area contributed by atoms with Gasteiger partial charge < -0.3 is 4.90 Å². The van der Waals surface area contributed by atoms with Crippen molar-refractivity contribution in [2.75, 3.05) is 6.54 Å². The number of carbonyl (C=O) groups excluding carboxylic acids is 1. The minimum atomic E-state index is 0.0586. The molecule has 0 fully saturated rings. The lowest BCUT2D eigenvalue weighted by Gasteiger charge is -2.15. The van der Waals surface area contributed by atoms with E-state index in [-0.39, 0.29) is 5.78 Å². The minimum Gasteiger partial charge on any atom is -0.354 e. The molecule has 0 bridgehead atoms. The van der Waals surface area contributed by atoms with Crippen molar-refractivity contribution in [3.05, 3.63) is 72.2 Å².